The number of rotatable bonds is 4. The van der Waals surface area contributed by atoms with Gasteiger partial charge in [-0.1, -0.05) is 24.1 Å². The number of piperazine rings is 1. The molecule has 0 aliphatic carbocycles. The zero-order valence-electron chi connectivity index (χ0n) is 17.2. The lowest BCUT2D eigenvalue weighted by Crippen LogP contribution is -2.49. The Morgan fingerprint density at radius 1 is 1.03 bits per heavy atom. The molecule has 29 heavy (non-hydrogen) atoms. The first-order valence-corrected chi connectivity index (χ1v) is 12.2. The summed E-state index contributed by atoms with van der Waals surface area (Å²) in [6.07, 6.45) is 4.54. The minimum Gasteiger partial charge on any atom is -0.304 e. The Hall–Kier alpha value is -1.55. The van der Waals surface area contributed by atoms with Crippen molar-refractivity contribution >= 4 is 22.2 Å². The molecule has 7 nitrogen and oxygen atoms in total. The fraction of sp³-hybridized carbons (Fsp3) is 0.600. The molecule has 0 amide bonds. The van der Waals surface area contributed by atoms with Crippen LogP contribution >= 0.6 is 12.2 Å². The van der Waals surface area contributed by atoms with Crippen molar-refractivity contribution in [1.82, 2.24) is 23.6 Å². The highest BCUT2D eigenvalue weighted by Gasteiger charge is 2.30. The number of aromatic nitrogens is 3. The lowest BCUT2D eigenvalue weighted by Gasteiger charge is -2.34. The molecule has 0 atom stereocenters. The maximum absolute atomic E-state index is 13.1. The van der Waals surface area contributed by atoms with Gasteiger partial charge in [0, 0.05) is 39.1 Å². The molecule has 1 aromatic heterocycles. The SMILES string of the molecule is Cc1ccc(S(=O)(=O)N2CCN(Cn3nc4n(c3=S)CCCCC4)CC2)c(C)c1. The monoisotopic (exact) mass is 435 g/mol. The zero-order valence-corrected chi connectivity index (χ0v) is 18.8. The Balaban J connectivity index is 1.43. The quantitative estimate of drug-likeness (QED) is 0.691. The molecular formula is C20H29N5O2S2. The van der Waals surface area contributed by atoms with Crippen molar-refractivity contribution in [2.24, 2.45) is 0 Å². The van der Waals surface area contributed by atoms with Crippen LogP contribution in [-0.2, 0) is 29.7 Å². The fourth-order valence-electron chi connectivity index (χ4n) is 4.25. The molecular weight excluding hydrogens is 406 g/mol. The number of nitrogens with zero attached hydrogens (tertiary/aromatic N) is 5. The van der Waals surface area contributed by atoms with E-state index in [4.69, 9.17) is 17.3 Å². The second-order valence-electron chi connectivity index (χ2n) is 8.09. The van der Waals surface area contributed by atoms with Gasteiger partial charge < -0.3 is 4.57 Å². The average Bonchev–Trinajstić information content (AvgIpc) is 2.84. The molecule has 0 radical (unpaired) electrons. The number of fused-ring (bicyclic) bond motifs is 1. The molecule has 0 unspecified atom stereocenters. The van der Waals surface area contributed by atoms with Crippen LogP contribution in [0.15, 0.2) is 23.1 Å². The first-order chi connectivity index (χ1) is 13.9. The van der Waals surface area contributed by atoms with Crippen molar-refractivity contribution in [3.8, 4) is 0 Å². The average molecular weight is 436 g/mol. The van der Waals surface area contributed by atoms with Crippen LogP contribution in [0, 0.1) is 18.6 Å². The fourth-order valence-corrected chi connectivity index (χ4v) is 6.17. The molecule has 0 spiro atoms. The highest BCUT2D eigenvalue weighted by Crippen LogP contribution is 2.22. The molecule has 2 aliphatic heterocycles. The van der Waals surface area contributed by atoms with Gasteiger partial charge in [0.15, 0.2) is 4.77 Å². The maximum Gasteiger partial charge on any atom is 0.243 e. The van der Waals surface area contributed by atoms with Gasteiger partial charge in [-0.2, -0.15) is 9.40 Å². The first-order valence-electron chi connectivity index (χ1n) is 10.3. The Bertz CT molecular complexity index is 1050. The highest BCUT2D eigenvalue weighted by atomic mass is 32.2. The standard InChI is InChI=1S/C20H29N5O2S2/c1-16-7-8-18(17(2)14-16)29(26,27)23-12-10-22(11-13-23)15-25-20(28)24-9-5-3-4-6-19(24)21-25/h7-8,14H,3-6,9-13,15H2,1-2H3. The molecule has 158 valence electrons. The van der Waals surface area contributed by atoms with Gasteiger partial charge in [-0.25, -0.2) is 13.1 Å². The van der Waals surface area contributed by atoms with E-state index in [0.717, 1.165) is 41.1 Å². The summed E-state index contributed by atoms with van der Waals surface area (Å²) in [4.78, 5) is 2.65. The Kier molecular flexibility index (Phi) is 5.92. The third-order valence-corrected chi connectivity index (χ3v) is 8.38. The summed E-state index contributed by atoms with van der Waals surface area (Å²) in [6.45, 7) is 7.73. The normalized spacial score (nSPS) is 19.1. The summed E-state index contributed by atoms with van der Waals surface area (Å²) in [6, 6.07) is 5.51. The molecule has 0 N–H and O–H groups in total. The lowest BCUT2D eigenvalue weighted by atomic mass is 10.2. The minimum atomic E-state index is -3.46. The van der Waals surface area contributed by atoms with Crippen LogP contribution in [0.3, 0.4) is 0 Å². The Labute approximate surface area is 178 Å². The third kappa shape index (κ3) is 4.19. The summed E-state index contributed by atoms with van der Waals surface area (Å²) in [7, 11) is -3.46. The lowest BCUT2D eigenvalue weighted by molar-refractivity contribution is 0.144. The van der Waals surface area contributed by atoms with Crippen molar-refractivity contribution in [1.29, 1.82) is 0 Å². The van der Waals surface area contributed by atoms with Crippen molar-refractivity contribution in [3.05, 3.63) is 39.9 Å². The summed E-state index contributed by atoms with van der Waals surface area (Å²) in [5.74, 6) is 1.09. The van der Waals surface area contributed by atoms with Gasteiger partial charge in [0.2, 0.25) is 10.0 Å². The van der Waals surface area contributed by atoms with E-state index in [2.05, 4.69) is 9.47 Å². The predicted octanol–water partition coefficient (Wildman–Crippen LogP) is 2.72. The van der Waals surface area contributed by atoms with Crippen LogP contribution in [0.1, 0.15) is 36.2 Å². The van der Waals surface area contributed by atoms with Gasteiger partial charge >= 0.3 is 0 Å². The van der Waals surface area contributed by atoms with Gasteiger partial charge in [-0.05, 0) is 50.5 Å². The van der Waals surface area contributed by atoms with Crippen LogP contribution in [0.25, 0.3) is 0 Å². The second kappa shape index (κ2) is 8.29. The van der Waals surface area contributed by atoms with Crippen LogP contribution in [-0.4, -0.2) is 58.1 Å². The van der Waals surface area contributed by atoms with Crippen LogP contribution in [0.5, 0.6) is 0 Å². The molecule has 1 aromatic carbocycles. The highest BCUT2D eigenvalue weighted by molar-refractivity contribution is 7.89. The summed E-state index contributed by atoms with van der Waals surface area (Å²) in [5, 5.41) is 4.74. The molecule has 0 saturated carbocycles. The number of hydrogen-bond acceptors (Lipinski definition) is 5. The van der Waals surface area contributed by atoms with Gasteiger partial charge in [0.05, 0.1) is 11.6 Å². The molecule has 3 heterocycles. The molecule has 4 rings (SSSR count). The molecule has 9 heteroatoms. The zero-order chi connectivity index (χ0) is 20.6. The molecule has 2 aromatic rings. The number of hydrogen-bond donors (Lipinski definition) is 0. The Morgan fingerprint density at radius 3 is 2.52 bits per heavy atom. The summed E-state index contributed by atoms with van der Waals surface area (Å²) in [5.41, 5.74) is 1.87. The number of sulfonamides is 1. The van der Waals surface area contributed by atoms with E-state index < -0.39 is 10.0 Å². The van der Waals surface area contributed by atoms with E-state index in [1.54, 1.807) is 10.4 Å². The van der Waals surface area contributed by atoms with E-state index in [0.29, 0.717) is 37.7 Å². The smallest absolute Gasteiger partial charge is 0.243 e. The van der Waals surface area contributed by atoms with Gasteiger partial charge in [-0.3, -0.25) is 4.90 Å². The van der Waals surface area contributed by atoms with E-state index in [1.807, 2.05) is 30.7 Å². The topological polar surface area (TPSA) is 63.4 Å². The largest absolute Gasteiger partial charge is 0.304 e. The van der Waals surface area contributed by atoms with Crippen LogP contribution in [0.2, 0.25) is 0 Å². The molecule has 1 fully saturated rings. The van der Waals surface area contributed by atoms with Crippen molar-refractivity contribution in [2.75, 3.05) is 26.2 Å². The van der Waals surface area contributed by atoms with Gasteiger partial charge in [-0.15, -0.1) is 0 Å². The van der Waals surface area contributed by atoms with Crippen molar-refractivity contribution < 1.29 is 8.42 Å². The van der Waals surface area contributed by atoms with Crippen LogP contribution < -0.4 is 0 Å². The number of benzene rings is 1. The molecule has 0 bridgehead atoms. The van der Waals surface area contributed by atoms with Crippen molar-refractivity contribution in [2.45, 2.75) is 57.6 Å². The second-order valence-corrected chi connectivity index (χ2v) is 10.4. The first kappa shape index (κ1) is 20.7. The van der Waals surface area contributed by atoms with Crippen LogP contribution in [0.4, 0.5) is 0 Å². The van der Waals surface area contributed by atoms with Crippen molar-refractivity contribution in [3.63, 3.8) is 0 Å². The van der Waals surface area contributed by atoms with E-state index in [9.17, 15) is 8.42 Å². The van der Waals surface area contributed by atoms with Gasteiger partial charge in [0.1, 0.15) is 5.82 Å². The van der Waals surface area contributed by atoms with E-state index in [-0.39, 0.29) is 0 Å². The Morgan fingerprint density at radius 2 is 1.79 bits per heavy atom. The minimum absolute atomic E-state index is 0.414. The summed E-state index contributed by atoms with van der Waals surface area (Å²) >= 11 is 5.64. The summed E-state index contributed by atoms with van der Waals surface area (Å²) < 4.78 is 32.6. The molecule has 2 aliphatic rings. The third-order valence-electron chi connectivity index (χ3n) is 5.90. The van der Waals surface area contributed by atoms with E-state index >= 15 is 0 Å². The van der Waals surface area contributed by atoms with Gasteiger partial charge in [0.25, 0.3) is 0 Å². The molecule has 1 saturated heterocycles. The van der Waals surface area contributed by atoms with E-state index in [1.165, 1.54) is 12.8 Å². The maximum atomic E-state index is 13.1. The predicted molar refractivity (Wildman–Crippen MR) is 115 cm³/mol. The number of aryl methyl sites for hydroxylation is 3.